The molecule has 2 aromatic rings. The van der Waals surface area contributed by atoms with E-state index < -0.39 is 0 Å². The van der Waals surface area contributed by atoms with Crippen molar-refractivity contribution in [3.05, 3.63) is 53.2 Å². The van der Waals surface area contributed by atoms with Crippen molar-refractivity contribution in [1.29, 1.82) is 0 Å². The van der Waals surface area contributed by atoms with Gasteiger partial charge in [-0.15, -0.1) is 0 Å². The summed E-state index contributed by atoms with van der Waals surface area (Å²) in [5, 5.41) is 10.5. The Morgan fingerprint density at radius 1 is 1.31 bits per heavy atom. The monoisotopic (exact) mass is 349 g/mol. The highest BCUT2D eigenvalue weighted by Crippen LogP contribution is 2.39. The lowest BCUT2D eigenvalue weighted by Gasteiger charge is -2.27. The Bertz CT molecular complexity index is 961. The first-order chi connectivity index (χ1) is 12.6. The Hall–Kier alpha value is -3.35. The number of aliphatic imine (C=N–C) groups is 2. The summed E-state index contributed by atoms with van der Waals surface area (Å²) in [6.45, 7) is 3.38. The minimum absolute atomic E-state index is 0.0672. The van der Waals surface area contributed by atoms with Crippen LogP contribution in [0, 0.1) is 6.92 Å². The summed E-state index contributed by atoms with van der Waals surface area (Å²) >= 11 is 0. The molecule has 2 aliphatic rings. The van der Waals surface area contributed by atoms with Crippen LogP contribution in [0.15, 0.2) is 46.5 Å². The fraction of sp³-hybridized carbons (Fsp3) is 0.211. The molecule has 7 heteroatoms. The van der Waals surface area contributed by atoms with E-state index in [1.807, 2.05) is 24.0 Å². The second kappa shape index (κ2) is 6.18. The molecule has 0 bridgehead atoms. The Labute approximate surface area is 151 Å². The number of aryl methyl sites for hydroxylation is 1. The molecule has 0 spiro atoms. The first kappa shape index (κ1) is 16.1. The van der Waals surface area contributed by atoms with Crippen molar-refractivity contribution >= 4 is 28.9 Å². The predicted octanol–water partition coefficient (Wildman–Crippen LogP) is 2.69. The summed E-state index contributed by atoms with van der Waals surface area (Å²) < 4.78 is 5.56. The zero-order valence-electron chi connectivity index (χ0n) is 14.6. The van der Waals surface area contributed by atoms with Crippen molar-refractivity contribution < 1.29 is 9.84 Å². The highest BCUT2D eigenvalue weighted by Gasteiger charge is 2.31. The molecule has 1 aromatic heterocycles. The van der Waals surface area contributed by atoms with E-state index in [-0.39, 0.29) is 5.76 Å². The molecule has 0 saturated carbocycles. The molecule has 4 rings (SSSR count). The highest BCUT2D eigenvalue weighted by molar-refractivity contribution is 6.20. The summed E-state index contributed by atoms with van der Waals surface area (Å²) in [6.07, 6.45) is 3.15. The van der Waals surface area contributed by atoms with Crippen molar-refractivity contribution in [2.24, 2.45) is 9.98 Å². The first-order valence-electron chi connectivity index (χ1n) is 8.29. The largest absolute Gasteiger partial charge is 0.507 e. The number of hydrogen-bond acceptors (Lipinski definition) is 7. The molecule has 1 aromatic carbocycles. The molecule has 0 radical (unpaired) electrons. The molecular weight excluding hydrogens is 330 g/mol. The van der Waals surface area contributed by atoms with E-state index in [0.29, 0.717) is 30.3 Å². The van der Waals surface area contributed by atoms with Crippen LogP contribution in [0.5, 0.6) is 5.75 Å². The standard InChI is InChI=1S/C19H19N5O2/c1-11-3-5-13-17(18(11)26-2)23-16(24-8-7-21-19(13)24)9-14(25)12-4-6-15(20)22-10-12/h3-6,9-10,25H,7-8H2,1-2H3,(H2,20,22)/b14-9-. The number of pyridine rings is 1. The van der Waals surface area contributed by atoms with E-state index in [9.17, 15) is 5.11 Å². The van der Waals surface area contributed by atoms with E-state index in [4.69, 9.17) is 15.5 Å². The van der Waals surface area contributed by atoms with Gasteiger partial charge in [0, 0.05) is 29.9 Å². The summed E-state index contributed by atoms with van der Waals surface area (Å²) in [5.74, 6) is 2.66. The number of rotatable bonds is 3. The molecule has 26 heavy (non-hydrogen) atoms. The molecule has 0 aliphatic carbocycles. The van der Waals surface area contributed by atoms with Crippen LogP contribution in [0.1, 0.15) is 16.7 Å². The number of nitrogens with two attached hydrogens (primary N) is 1. The van der Waals surface area contributed by atoms with Crippen molar-refractivity contribution in [2.75, 3.05) is 25.9 Å². The van der Waals surface area contributed by atoms with Gasteiger partial charge in [-0.3, -0.25) is 4.99 Å². The number of aromatic nitrogens is 1. The maximum atomic E-state index is 10.5. The molecule has 0 saturated heterocycles. The minimum Gasteiger partial charge on any atom is -0.507 e. The summed E-state index contributed by atoms with van der Waals surface area (Å²) in [7, 11) is 1.63. The second-order valence-electron chi connectivity index (χ2n) is 6.14. The zero-order chi connectivity index (χ0) is 18.3. The summed E-state index contributed by atoms with van der Waals surface area (Å²) in [6, 6.07) is 7.38. The predicted molar refractivity (Wildman–Crippen MR) is 102 cm³/mol. The molecule has 0 atom stereocenters. The third-order valence-corrected chi connectivity index (χ3v) is 4.47. The number of benzene rings is 1. The number of amidine groups is 2. The average Bonchev–Trinajstić information content (AvgIpc) is 3.12. The fourth-order valence-electron chi connectivity index (χ4n) is 3.17. The first-order valence-corrected chi connectivity index (χ1v) is 8.29. The lowest BCUT2D eigenvalue weighted by molar-refractivity contribution is 0.412. The molecule has 0 fully saturated rings. The number of fused-ring (bicyclic) bond motifs is 3. The lowest BCUT2D eigenvalue weighted by atomic mass is 10.0. The number of nitrogen functional groups attached to an aromatic ring is 1. The Balaban J connectivity index is 1.83. The molecule has 7 nitrogen and oxygen atoms in total. The molecule has 132 valence electrons. The van der Waals surface area contributed by atoms with Gasteiger partial charge in [-0.25, -0.2) is 9.98 Å². The second-order valence-corrected chi connectivity index (χ2v) is 6.14. The Morgan fingerprint density at radius 3 is 2.88 bits per heavy atom. The average molecular weight is 349 g/mol. The van der Waals surface area contributed by atoms with Crippen LogP contribution in [-0.2, 0) is 0 Å². The maximum absolute atomic E-state index is 10.5. The number of anilines is 1. The van der Waals surface area contributed by atoms with E-state index in [1.54, 1.807) is 25.3 Å². The van der Waals surface area contributed by atoms with Crippen LogP contribution in [0.2, 0.25) is 0 Å². The van der Waals surface area contributed by atoms with Crippen molar-refractivity contribution in [3.63, 3.8) is 0 Å². The van der Waals surface area contributed by atoms with Crippen LogP contribution >= 0.6 is 0 Å². The van der Waals surface area contributed by atoms with Crippen molar-refractivity contribution in [1.82, 2.24) is 9.88 Å². The van der Waals surface area contributed by atoms with Gasteiger partial charge in [0.25, 0.3) is 0 Å². The Kier molecular flexibility index (Phi) is 3.84. The number of methoxy groups -OCH3 is 1. The molecule has 2 aliphatic heterocycles. The lowest BCUT2D eigenvalue weighted by Crippen LogP contribution is -2.36. The van der Waals surface area contributed by atoms with Gasteiger partial charge < -0.3 is 20.5 Å². The smallest absolute Gasteiger partial charge is 0.148 e. The van der Waals surface area contributed by atoms with Gasteiger partial charge in [0.05, 0.1) is 13.7 Å². The number of nitrogens with zero attached hydrogens (tertiary/aromatic N) is 4. The van der Waals surface area contributed by atoms with E-state index in [0.717, 1.165) is 28.4 Å². The van der Waals surface area contributed by atoms with Gasteiger partial charge in [-0.1, -0.05) is 6.07 Å². The summed E-state index contributed by atoms with van der Waals surface area (Å²) in [4.78, 5) is 15.4. The van der Waals surface area contributed by atoms with Crippen molar-refractivity contribution in [3.8, 4) is 5.75 Å². The van der Waals surface area contributed by atoms with Gasteiger partial charge in [0.15, 0.2) is 0 Å². The SMILES string of the molecule is COc1c(C)ccc2c1N=C(/C=C(\O)c1ccc(N)nc1)N1CCN=C21. The molecule has 0 unspecified atom stereocenters. The normalized spacial score (nSPS) is 15.9. The van der Waals surface area contributed by atoms with Gasteiger partial charge >= 0.3 is 0 Å². The van der Waals surface area contributed by atoms with E-state index in [2.05, 4.69) is 9.98 Å². The zero-order valence-corrected chi connectivity index (χ0v) is 14.6. The van der Waals surface area contributed by atoms with Crippen LogP contribution in [0.3, 0.4) is 0 Å². The molecular formula is C19H19N5O2. The fourth-order valence-corrected chi connectivity index (χ4v) is 3.17. The van der Waals surface area contributed by atoms with Gasteiger partial charge in [0.1, 0.15) is 34.7 Å². The Morgan fingerprint density at radius 2 is 2.15 bits per heavy atom. The minimum atomic E-state index is 0.0672. The van der Waals surface area contributed by atoms with Crippen molar-refractivity contribution in [2.45, 2.75) is 6.92 Å². The number of hydrogen-bond donors (Lipinski definition) is 2. The molecule has 3 heterocycles. The molecule has 0 amide bonds. The van der Waals surface area contributed by atoms with E-state index in [1.165, 1.54) is 6.20 Å². The molecule has 3 N–H and O–H groups in total. The van der Waals surface area contributed by atoms with Gasteiger partial charge in [0.2, 0.25) is 0 Å². The number of ether oxygens (including phenoxy) is 1. The summed E-state index contributed by atoms with van der Waals surface area (Å²) in [5.41, 5.74) is 8.85. The highest BCUT2D eigenvalue weighted by atomic mass is 16.5. The third-order valence-electron chi connectivity index (χ3n) is 4.47. The van der Waals surface area contributed by atoms with Crippen LogP contribution in [-0.4, -0.2) is 46.9 Å². The van der Waals surface area contributed by atoms with Gasteiger partial charge in [-0.2, -0.15) is 0 Å². The quantitative estimate of drug-likeness (QED) is 0.831. The number of aliphatic hydroxyl groups is 1. The maximum Gasteiger partial charge on any atom is 0.148 e. The number of aliphatic hydroxyl groups excluding tert-OH is 1. The van der Waals surface area contributed by atoms with Crippen LogP contribution in [0.4, 0.5) is 11.5 Å². The van der Waals surface area contributed by atoms with Crippen LogP contribution in [0.25, 0.3) is 5.76 Å². The van der Waals surface area contributed by atoms with E-state index >= 15 is 0 Å². The third kappa shape index (κ3) is 2.57. The topological polar surface area (TPSA) is 96.3 Å². The van der Waals surface area contributed by atoms with Crippen LogP contribution < -0.4 is 10.5 Å². The van der Waals surface area contributed by atoms with Gasteiger partial charge in [-0.05, 0) is 30.7 Å².